The predicted molar refractivity (Wildman–Crippen MR) is 89.8 cm³/mol. The molecule has 0 aliphatic carbocycles. The summed E-state index contributed by atoms with van der Waals surface area (Å²) in [5.74, 6) is 0.835. The van der Waals surface area contributed by atoms with Crippen molar-refractivity contribution in [2.75, 3.05) is 13.7 Å². The number of benzene rings is 2. The Morgan fingerprint density at radius 2 is 1.82 bits per heavy atom. The molecule has 0 unspecified atom stereocenters. The van der Waals surface area contributed by atoms with Gasteiger partial charge < -0.3 is 10.1 Å². The maximum atomic E-state index is 11.7. The summed E-state index contributed by atoms with van der Waals surface area (Å²) in [4.78, 5) is 11.7. The summed E-state index contributed by atoms with van der Waals surface area (Å²) < 4.78 is 5.31. The van der Waals surface area contributed by atoms with Crippen LogP contribution >= 0.6 is 0 Å². The van der Waals surface area contributed by atoms with E-state index in [2.05, 4.69) is 11.4 Å². The van der Waals surface area contributed by atoms with E-state index in [4.69, 9.17) is 4.74 Å². The van der Waals surface area contributed by atoms with Crippen molar-refractivity contribution in [1.29, 1.82) is 0 Å². The molecule has 2 rings (SSSR count). The van der Waals surface area contributed by atoms with Crippen molar-refractivity contribution in [3.8, 4) is 5.75 Å². The van der Waals surface area contributed by atoms with Gasteiger partial charge >= 0.3 is 0 Å². The van der Waals surface area contributed by atoms with Crippen molar-refractivity contribution in [2.45, 2.75) is 12.8 Å². The topological polar surface area (TPSA) is 38.3 Å². The van der Waals surface area contributed by atoms with Crippen LogP contribution in [0.2, 0.25) is 0 Å². The Morgan fingerprint density at radius 3 is 2.59 bits per heavy atom. The molecule has 22 heavy (non-hydrogen) atoms. The van der Waals surface area contributed by atoms with Crippen molar-refractivity contribution in [1.82, 2.24) is 5.32 Å². The van der Waals surface area contributed by atoms with E-state index < -0.39 is 0 Å². The maximum absolute atomic E-state index is 11.7. The van der Waals surface area contributed by atoms with E-state index in [1.165, 1.54) is 5.56 Å². The maximum Gasteiger partial charge on any atom is 0.243 e. The van der Waals surface area contributed by atoms with Gasteiger partial charge in [0, 0.05) is 12.6 Å². The van der Waals surface area contributed by atoms with Gasteiger partial charge in [0.05, 0.1) is 7.11 Å². The minimum absolute atomic E-state index is 0.0659. The van der Waals surface area contributed by atoms with Crippen molar-refractivity contribution in [3.05, 3.63) is 71.8 Å². The van der Waals surface area contributed by atoms with Crippen LogP contribution in [0, 0.1) is 0 Å². The number of rotatable bonds is 7. The van der Waals surface area contributed by atoms with Gasteiger partial charge in [-0.2, -0.15) is 0 Å². The van der Waals surface area contributed by atoms with Crippen LogP contribution < -0.4 is 10.1 Å². The Balaban J connectivity index is 1.72. The van der Waals surface area contributed by atoms with Crippen LogP contribution in [0.15, 0.2) is 60.7 Å². The van der Waals surface area contributed by atoms with Gasteiger partial charge in [0.25, 0.3) is 0 Å². The molecule has 1 amide bonds. The monoisotopic (exact) mass is 295 g/mol. The van der Waals surface area contributed by atoms with Gasteiger partial charge in [-0.05, 0) is 36.1 Å². The zero-order valence-electron chi connectivity index (χ0n) is 12.8. The number of methoxy groups -OCH3 is 1. The third-order valence-corrected chi connectivity index (χ3v) is 3.34. The van der Waals surface area contributed by atoms with Crippen LogP contribution in [0.5, 0.6) is 5.75 Å². The number of carbonyl (C=O) groups is 1. The Labute approximate surface area is 131 Å². The zero-order chi connectivity index (χ0) is 15.6. The molecule has 0 fully saturated rings. The first-order valence-electron chi connectivity index (χ1n) is 7.42. The lowest BCUT2D eigenvalue weighted by Crippen LogP contribution is -2.22. The van der Waals surface area contributed by atoms with Gasteiger partial charge in [0.15, 0.2) is 0 Å². The smallest absolute Gasteiger partial charge is 0.243 e. The number of aryl methyl sites for hydroxylation is 1. The highest BCUT2D eigenvalue weighted by atomic mass is 16.5. The molecule has 3 heteroatoms. The van der Waals surface area contributed by atoms with Crippen LogP contribution in [0.4, 0.5) is 0 Å². The number of hydrogen-bond donors (Lipinski definition) is 1. The minimum Gasteiger partial charge on any atom is -0.496 e. The van der Waals surface area contributed by atoms with Gasteiger partial charge in [-0.3, -0.25) is 4.79 Å². The fourth-order valence-electron chi connectivity index (χ4n) is 2.19. The Hall–Kier alpha value is -2.55. The molecular formula is C19H21NO2. The lowest BCUT2D eigenvalue weighted by molar-refractivity contribution is -0.116. The molecular weight excluding hydrogens is 274 g/mol. The number of nitrogens with one attached hydrogen (secondary N) is 1. The van der Waals surface area contributed by atoms with E-state index >= 15 is 0 Å². The third-order valence-electron chi connectivity index (χ3n) is 3.34. The highest BCUT2D eigenvalue weighted by Crippen LogP contribution is 2.18. The van der Waals surface area contributed by atoms with E-state index in [1.54, 1.807) is 13.2 Å². The van der Waals surface area contributed by atoms with Crippen LogP contribution in [0.25, 0.3) is 6.08 Å². The summed E-state index contributed by atoms with van der Waals surface area (Å²) in [5, 5.41) is 2.89. The van der Waals surface area contributed by atoms with Crippen LogP contribution in [-0.2, 0) is 11.2 Å². The Morgan fingerprint density at radius 1 is 1.09 bits per heavy atom. The quantitative estimate of drug-likeness (QED) is 0.627. The first-order chi connectivity index (χ1) is 10.8. The summed E-state index contributed by atoms with van der Waals surface area (Å²) in [6.07, 6.45) is 5.14. The van der Waals surface area contributed by atoms with Crippen LogP contribution in [0.3, 0.4) is 0 Å². The molecule has 0 aliphatic heterocycles. The zero-order valence-corrected chi connectivity index (χ0v) is 12.8. The lowest BCUT2D eigenvalue weighted by Gasteiger charge is -2.08. The number of amides is 1. The Kier molecular flexibility index (Phi) is 6.24. The Bertz CT molecular complexity index is 620. The molecule has 2 aromatic rings. The average molecular weight is 295 g/mol. The van der Waals surface area contributed by atoms with Crippen LogP contribution in [0.1, 0.15) is 17.5 Å². The molecule has 2 aromatic carbocycles. The first-order valence-corrected chi connectivity index (χ1v) is 7.42. The summed E-state index contributed by atoms with van der Waals surface area (Å²) in [6.45, 7) is 0.649. The van der Waals surface area contributed by atoms with Gasteiger partial charge in [0.2, 0.25) is 5.91 Å². The molecule has 0 aromatic heterocycles. The van der Waals surface area contributed by atoms with E-state index in [1.807, 2.05) is 54.6 Å². The van der Waals surface area contributed by atoms with Crippen molar-refractivity contribution >= 4 is 12.0 Å². The van der Waals surface area contributed by atoms with Gasteiger partial charge in [-0.1, -0.05) is 48.5 Å². The molecule has 0 aliphatic rings. The van der Waals surface area contributed by atoms with Gasteiger partial charge in [-0.15, -0.1) is 0 Å². The minimum atomic E-state index is -0.0659. The first kappa shape index (κ1) is 15.8. The predicted octanol–water partition coefficient (Wildman–Crippen LogP) is 3.46. The summed E-state index contributed by atoms with van der Waals surface area (Å²) in [6, 6.07) is 17.7. The molecule has 0 spiro atoms. The van der Waals surface area contributed by atoms with E-state index in [9.17, 15) is 4.79 Å². The highest BCUT2D eigenvalue weighted by Gasteiger charge is 2.01. The van der Waals surface area contributed by atoms with E-state index in [0.717, 1.165) is 24.2 Å². The van der Waals surface area contributed by atoms with Crippen molar-refractivity contribution in [2.24, 2.45) is 0 Å². The summed E-state index contributed by atoms with van der Waals surface area (Å²) >= 11 is 0. The molecule has 0 saturated carbocycles. The third kappa shape index (κ3) is 5.09. The standard InChI is InChI=1S/C19H21NO2/c1-22-18-12-6-5-10-17(18)11-7-15-20-19(21)14-13-16-8-3-2-4-9-16/h2-6,8-10,12-14H,7,11,15H2,1H3,(H,20,21)/b14-13+. The largest absolute Gasteiger partial charge is 0.496 e. The molecule has 0 saturated heterocycles. The number of ether oxygens (including phenoxy) is 1. The fourth-order valence-corrected chi connectivity index (χ4v) is 2.19. The highest BCUT2D eigenvalue weighted by molar-refractivity contribution is 5.91. The average Bonchev–Trinajstić information content (AvgIpc) is 2.58. The number of hydrogen-bond acceptors (Lipinski definition) is 2. The van der Waals surface area contributed by atoms with Gasteiger partial charge in [-0.25, -0.2) is 0 Å². The van der Waals surface area contributed by atoms with E-state index in [0.29, 0.717) is 6.54 Å². The molecule has 3 nitrogen and oxygen atoms in total. The second-order valence-electron chi connectivity index (χ2n) is 4.95. The van der Waals surface area contributed by atoms with Crippen molar-refractivity contribution < 1.29 is 9.53 Å². The number of para-hydroxylation sites is 1. The molecule has 0 bridgehead atoms. The SMILES string of the molecule is COc1ccccc1CCCNC(=O)/C=C/c1ccccc1. The molecule has 1 N–H and O–H groups in total. The molecule has 0 radical (unpaired) electrons. The van der Waals surface area contributed by atoms with Crippen molar-refractivity contribution in [3.63, 3.8) is 0 Å². The molecule has 114 valence electrons. The lowest BCUT2D eigenvalue weighted by atomic mass is 10.1. The fraction of sp³-hybridized carbons (Fsp3) is 0.211. The second kappa shape index (κ2) is 8.67. The summed E-state index contributed by atoms with van der Waals surface area (Å²) in [5.41, 5.74) is 2.19. The van der Waals surface area contributed by atoms with Gasteiger partial charge in [0.1, 0.15) is 5.75 Å². The second-order valence-corrected chi connectivity index (χ2v) is 4.95. The molecule has 0 heterocycles. The number of carbonyl (C=O) groups excluding carboxylic acids is 1. The van der Waals surface area contributed by atoms with Crippen LogP contribution in [-0.4, -0.2) is 19.6 Å². The summed E-state index contributed by atoms with van der Waals surface area (Å²) in [7, 11) is 1.68. The molecule has 0 atom stereocenters. The normalized spacial score (nSPS) is 10.6. The van der Waals surface area contributed by atoms with E-state index in [-0.39, 0.29) is 5.91 Å².